The molecule has 122 valence electrons. The molecule has 0 unspecified atom stereocenters. The molecule has 0 aromatic carbocycles. The summed E-state index contributed by atoms with van der Waals surface area (Å²) >= 11 is 1.90. The number of nitrogens with zero attached hydrogens (tertiary/aromatic N) is 3. The molecule has 5 nitrogen and oxygen atoms in total. The molecule has 1 aromatic heterocycles. The van der Waals surface area contributed by atoms with Gasteiger partial charge < -0.3 is 10.6 Å². The normalized spacial score (nSPS) is 11.2. The van der Waals surface area contributed by atoms with E-state index in [1.165, 1.54) is 29.9 Å². The number of rotatable bonds is 7. The van der Waals surface area contributed by atoms with E-state index in [4.69, 9.17) is 0 Å². The standard InChI is InChI=1S/C14H27N5S.HI/c1-11-13(12(2)19(4)18-11)10-17-14(15-3)16-8-6-7-9-20-5;/h6-10H2,1-5H3,(H2,15,16,17);1H. The second-order valence-corrected chi connectivity index (χ2v) is 5.81. The number of guanidine groups is 1. The number of thioether (sulfide) groups is 1. The van der Waals surface area contributed by atoms with Gasteiger partial charge in [0.25, 0.3) is 0 Å². The zero-order valence-electron chi connectivity index (χ0n) is 13.7. The first-order valence-electron chi connectivity index (χ1n) is 7.02. The van der Waals surface area contributed by atoms with Crippen molar-refractivity contribution in [3.8, 4) is 0 Å². The second kappa shape index (κ2) is 11.2. The van der Waals surface area contributed by atoms with Crippen molar-refractivity contribution in [3.05, 3.63) is 17.0 Å². The maximum atomic E-state index is 4.42. The minimum atomic E-state index is 0. The summed E-state index contributed by atoms with van der Waals surface area (Å²) in [6.45, 7) is 5.86. The van der Waals surface area contributed by atoms with Gasteiger partial charge in [-0.05, 0) is 38.7 Å². The number of halogens is 1. The third-order valence-corrected chi connectivity index (χ3v) is 4.08. The van der Waals surface area contributed by atoms with E-state index in [0.29, 0.717) is 0 Å². The van der Waals surface area contributed by atoms with Crippen LogP contribution in [0.2, 0.25) is 0 Å². The minimum Gasteiger partial charge on any atom is -0.356 e. The summed E-state index contributed by atoms with van der Waals surface area (Å²) in [4.78, 5) is 4.25. The Kier molecular flexibility index (Phi) is 10.9. The van der Waals surface area contributed by atoms with Gasteiger partial charge in [-0.1, -0.05) is 0 Å². The Balaban J connectivity index is 0.00000400. The third kappa shape index (κ3) is 6.90. The fraction of sp³-hybridized carbons (Fsp3) is 0.714. The van der Waals surface area contributed by atoms with Crippen LogP contribution in [0.1, 0.15) is 29.8 Å². The average Bonchev–Trinajstić information content (AvgIpc) is 2.67. The molecule has 0 aliphatic heterocycles. The lowest BCUT2D eigenvalue weighted by molar-refractivity contribution is 0.724. The van der Waals surface area contributed by atoms with Gasteiger partial charge in [0.05, 0.1) is 5.69 Å². The molecule has 0 saturated carbocycles. The van der Waals surface area contributed by atoms with Gasteiger partial charge >= 0.3 is 0 Å². The fourth-order valence-electron chi connectivity index (χ4n) is 2.04. The molecule has 1 rings (SSSR count). The first kappa shape index (κ1) is 20.6. The number of aromatic nitrogens is 2. The summed E-state index contributed by atoms with van der Waals surface area (Å²) in [6.07, 6.45) is 4.56. The maximum Gasteiger partial charge on any atom is 0.191 e. The van der Waals surface area contributed by atoms with E-state index in [0.717, 1.165) is 24.7 Å². The highest BCUT2D eigenvalue weighted by Crippen LogP contribution is 2.10. The molecule has 0 fully saturated rings. The molecular weight excluding hydrogens is 397 g/mol. The molecule has 0 bridgehead atoms. The lowest BCUT2D eigenvalue weighted by atomic mass is 10.2. The van der Waals surface area contributed by atoms with Crippen molar-refractivity contribution in [2.45, 2.75) is 33.2 Å². The van der Waals surface area contributed by atoms with Crippen LogP contribution in [-0.2, 0) is 13.6 Å². The van der Waals surface area contributed by atoms with E-state index in [1.54, 1.807) is 7.05 Å². The van der Waals surface area contributed by atoms with Crippen LogP contribution in [0.5, 0.6) is 0 Å². The van der Waals surface area contributed by atoms with Crippen molar-refractivity contribution in [3.63, 3.8) is 0 Å². The van der Waals surface area contributed by atoms with E-state index in [1.807, 2.05) is 30.4 Å². The number of hydrogen-bond acceptors (Lipinski definition) is 3. The Morgan fingerprint density at radius 2 is 2.00 bits per heavy atom. The van der Waals surface area contributed by atoms with E-state index in [-0.39, 0.29) is 24.0 Å². The number of unbranched alkanes of at least 4 members (excludes halogenated alkanes) is 1. The van der Waals surface area contributed by atoms with Gasteiger partial charge in [0, 0.05) is 38.4 Å². The van der Waals surface area contributed by atoms with Crippen LogP contribution in [0.3, 0.4) is 0 Å². The number of hydrogen-bond donors (Lipinski definition) is 2. The number of nitrogens with one attached hydrogen (secondary N) is 2. The topological polar surface area (TPSA) is 54.2 Å². The molecule has 0 amide bonds. The molecule has 0 saturated heterocycles. The van der Waals surface area contributed by atoms with Crippen molar-refractivity contribution in [2.24, 2.45) is 12.0 Å². The SMILES string of the molecule is CN=C(NCCCCSC)NCc1c(C)nn(C)c1C.I. The van der Waals surface area contributed by atoms with Crippen LogP contribution in [0.15, 0.2) is 4.99 Å². The van der Waals surface area contributed by atoms with E-state index in [9.17, 15) is 0 Å². The largest absolute Gasteiger partial charge is 0.356 e. The van der Waals surface area contributed by atoms with Crippen molar-refractivity contribution in [1.29, 1.82) is 0 Å². The molecule has 7 heteroatoms. The molecule has 0 aliphatic rings. The Labute approximate surface area is 149 Å². The number of aryl methyl sites for hydroxylation is 2. The second-order valence-electron chi connectivity index (χ2n) is 4.83. The summed E-state index contributed by atoms with van der Waals surface area (Å²) in [5.41, 5.74) is 3.52. The predicted octanol–water partition coefficient (Wildman–Crippen LogP) is 2.46. The lowest BCUT2D eigenvalue weighted by Gasteiger charge is -2.12. The van der Waals surface area contributed by atoms with Crippen LogP contribution in [0.4, 0.5) is 0 Å². The van der Waals surface area contributed by atoms with Crippen LogP contribution in [0, 0.1) is 13.8 Å². The van der Waals surface area contributed by atoms with Crippen molar-refractivity contribution in [1.82, 2.24) is 20.4 Å². The smallest absolute Gasteiger partial charge is 0.191 e. The quantitative estimate of drug-likeness (QED) is 0.305. The zero-order valence-corrected chi connectivity index (χ0v) is 16.8. The Morgan fingerprint density at radius 1 is 1.29 bits per heavy atom. The Morgan fingerprint density at radius 3 is 2.52 bits per heavy atom. The summed E-state index contributed by atoms with van der Waals surface area (Å²) in [7, 11) is 3.78. The highest BCUT2D eigenvalue weighted by molar-refractivity contribution is 14.0. The van der Waals surface area contributed by atoms with E-state index >= 15 is 0 Å². The molecule has 0 radical (unpaired) electrons. The van der Waals surface area contributed by atoms with Crippen LogP contribution >= 0.6 is 35.7 Å². The third-order valence-electron chi connectivity index (χ3n) is 3.38. The van der Waals surface area contributed by atoms with Gasteiger partial charge in [-0.25, -0.2) is 0 Å². The molecule has 0 aliphatic carbocycles. The molecule has 1 heterocycles. The maximum absolute atomic E-state index is 4.42. The van der Waals surface area contributed by atoms with Gasteiger partial charge in [-0.2, -0.15) is 16.9 Å². The summed E-state index contributed by atoms with van der Waals surface area (Å²) in [5, 5.41) is 11.1. The van der Waals surface area contributed by atoms with Crippen molar-refractivity contribution in [2.75, 3.05) is 25.6 Å². The molecule has 0 spiro atoms. The van der Waals surface area contributed by atoms with E-state index in [2.05, 4.69) is 33.9 Å². The van der Waals surface area contributed by atoms with Crippen molar-refractivity contribution >= 4 is 41.7 Å². The summed E-state index contributed by atoms with van der Waals surface area (Å²) in [5.74, 6) is 2.08. The monoisotopic (exact) mass is 425 g/mol. The van der Waals surface area contributed by atoms with Crippen LogP contribution in [0.25, 0.3) is 0 Å². The summed E-state index contributed by atoms with van der Waals surface area (Å²) < 4.78 is 1.92. The average molecular weight is 425 g/mol. The summed E-state index contributed by atoms with van der Waals surface area (Å²) in [6, 6.07) is 0. The number of aliphatic imine (C=N–C) groups is 1. The van der Waals surface area contributed by atoms with Gasteiger partial charge in [-0.3, -0.25) is 9.67 Å². The molecule has 0 atom stereocenters. The highest BCUT2D eigenvalue weighted by Gasteiger charge is 2.09. The zero-order chi connectivity index (χ0) is 15.0. The Bertz CT molecular complexity index is 445. The van der Waals surface area contributed by atoms with E-state index < -0.39 is 0 Å². The van der Waals surface area contributed by atoms with Gasteiger partial charge in [0.1, 0.15) is 0 Å². The lowest BCUT2D eigenvalue weighted by Crippen LogP contribution is -2.37. The first-order chi connectivity index (χ1) is 9.60. The molecular formula is C14H28IN5S. The van der Waals surface area contributed by atoms with Gasteiger partial charge in [0.2, 0.25) is 0 Å². The van der Waals surface area contributed by atoms with Crippen LogP contribution in [-0.4, -0.2) is 41.3 Å². The van der Waals surface area contributed by atoms with Gasteiger partial charge in [0.15, 0.2) is 5.96 Å². The molecule has 2 N–H and O–H groups in total. The Hall–Kier alpha value is -0.440. The highest BCUT2D eigenvalue weighted by atomic mass is 127. The van der Waals surface area contributed by atoms with Gasteiger partial charge in [-0.15, -0.1) is 24.0 Å². The molecule has 1 aromatic rings. The predicted molar refractivity (Wildman–Crippen MR) is 104 cm³/mol. The molecule has 21 heavy (non-hydrogen) atoms. The first-order valence-corrected chi connectivity index (χ1v) is 8.42. The minimum absolute atomic E-state index is 0. The fourth-order valence-corrected chi connectivity index (χ4v) is 2.54. The van der Waals surface area contributed by atoms with Crippen LogP contribution < -0.4 is 10.6 Å². The van der Waals surface area contributed by atoms with Crippen molar-refractivity contribution < 1.29 is 0 Å².